The quantitative estimate of drug-likeness (QED) is 0.775. The molecule has 2 heterocycles. The zero-order valence-electron chi connectivity index (χ0n) is 15.7. The Hall–Kier alpha value is -1.60. The molecule has 26 heavy (non-hydrogen) atoms. The van der Waals surface area contributed by atoms with Crippen LogP contribution in [0.5, 0.6) is 5.75 Å². The minimum Gasteiger partial charge on any atom is -0.494 e. The molecule has 7 heteroatoms. The van der Waals surface area contributed by atoms with Gasteiger partial charge in [0, 0.05) is 37.2 Å². The summed E-state index contributed by atoms with van der Waals surface area (Å²) < 4.78 is 30.3. The van der Waals surface area contributed by atoms with Gasteiger partial charge in [0.05, 0.1) is 24.2 Å². The van der Waals surface area contributed by atoms with Gasteiger partial charge >= 0.3 is 0 Å². The Morgan fingerprint density at radius 2 is 1.88 bits per heavy atom. The molecule has 144 valence electrons. The Labute approximate surface area is 156 Å². The molecule has 0 N–H and O–H groups in total. The average molecular weight is 381 g/mol. The lowest BCUT2D eigenvalue weighted by atomic mass is 10.0. The SMILES string of the molecule is CCOc1ccccc1CN1CCN(C(=O)C(C)C)C2CS(=O)(=O)CC21. The molecule has 1 amide bonds. The largest absolute Gasteiger partial charge is 0.494 e. The Kier molecular flexibility index (Phi) is 5.58. The molecular weight excluding hydrogens is 352 g/mol. The van der Waals surface area contributed by atoms with Crippen LogP contribution in [0.4, 0.5) is 0 Å². The summed E-state index contributed by atoms with van der Waals surface area (Å²) in [5, 5.41) is 0. The van der Waals surface area contributed by atoms with E-state index in [2.05, 4.69) is 4.90 Å². The minimum absolute atomic E-state index is 0.0477. The van der Waals surface area contributed by atoms with E-state index >= 15 is 0 Å². The third kappa shape index (κ3) is 3.88. The number of hydrogen-bond acceptors (Lipinski definition) is 5. The third-order valence-electron chi connectivity index (χ3n) is 5.21. The fraction of sp³-hybridized carbons (Fsp3) is 0.632. The number of para-hydroxylation sites is 1. The van der Waals surface area contributed by atoms with Gasteiger partial charge < -0.3 is 9.64 Å². The van der Waals surface area contributed by atoms with Crippen LogP contribution >= 0.6 is 0 Å². The molecule has 3 rings (SSSR count). The van der Waals surface area contributed by atoms with E-state index in [4.69, 9.17) is 4.74 Å². The second-order valence-electron chi connectivity index (χ2n) is 7.41. The summed E-state index contributed by atoms with van der Waals surface area (Å²) in [6.45, 7) is 8.16. The predicted octanol–water partition coefficient (Wildman–Crippen LogP) is 1.55. The van der Waals surface area contributed by atoms with Gasteiger partial charge in [-0.3, -0.25) is 9.69 Å². The molecule has 2 atom stereocenters. The standard InChI is InChI=1S/C19H28N2O4S/c1-4-25-18-8-6-5-7-15(18)11-20-9-10-21(19(22)14(2)3)17-13-26(23,24)12-16(17)20/h5-8,14,16-17H,4,9-13H2,1-3H3. The first kappa shape index (κ1) is 19.2. The van der Waals surface area contributed by atoms with Gasteiger partial charge in [0.15, 0.2) is 9.84 Å². The normalized spacial score (nSPS) is 25.3. The molecular formula is C19H28N2O4S. The lowest BCUT2D eigenvalue weighted by molar-refractivity contribution is -0.140. The van der Waals surface area contributed by atoms with Crippen LogP contribution in [0.1, 0.15) is 26.3 Å². The summed E-state index contributed by atoms with van der Waals surface area (Å²) in [4.78, 5) is 16.6. The Morgan fingerprint density at radius 3 is 2.58 bits per heavy atom. The maximum absolute atomic E-state index is 12.5. The van der Waals surface area contributed by atoms with Crippen LogP contribution in [0.15, 0.2) is 24.3 Å². The minimum atomic E-state index is -3.13. The molecule has 6 nitrogen and oxygen atoms in total. The molecule has 0 spiro atoms. The van der Waals surface area contributed by atoms with E-state index < -0.39 is 9.84 Å². The number of sulfone groups is 1. The monoisotopic (exact) mass is 380 g/mol. The van der Waals surface area contributed by atoms with Crippen molar-refractivity contribution in [1.29, 1.82) is 0 Å². The van der Waals surface area contributed by atoms with E-state index in [1.807, 2.05) is 45.0 Å². The predicted molar refractivity (Wildman–Crippen MR) is 101 cm³/mol. The van der Waals surface area contributed by atoms with Crippen molar-refractivity contribution in [2.45, 2.75) is 39.4 Å². The van der Waals surface area contributed by atoms with Crippen molar-refractivity contribution >= 4 is 15.7 Å². The molecule has 0 radical (unpaired) electrons. The van der Waals surface area contributed by atoms with Crippen LogP contribution in [-0.4, -0.2) is 67.4 Å². The number of nitrogens with zero attached hydrogens (tertiary/aromatic N) is 2. The average Bonchev–Trinajstić information content (AvgIpc) is 2.92. The molecule has 0 saturated carbocycles. The van der Waals surface area contributed by atoms with Crippen molar-refractivity contribution in [3.8, 4) is 5.75 Å². The number of carbonyl (C=O) groups is 1. The van der Waals surface area contributed by atoms with Gasteiger partial charge in [-0.1, -0.05) is 32.0 Å². The highest BCUT2D eigenvalue weighted by Gasteiger charge is 2.48. The lowest BCUT2D eigenvalue weighted by Gasteiger charge is -2.44. The fourth-order valence-corrected chi connectivity index (χ4v) is 5.99. The number of fused-ring (bicyclic) bond motifs is 1. The zero-order chi connectivity index (χ0) is 18.9. The van der Waals surface area contributed by atoms with Crippen molar-refractivity contribution in [2.24, 2.45) is 5.92 Å². The molecule has 2 unspecified atom stereocenters. The number of hydrogen-bond donors (Lipinski definition) is 0. The lowest BCUT2D eigenvalue weighted by Crippen LogP contribution is -2.60. The van der Waals surface area contributed by atoms with E-state index in [1.54, 1.807) is 4.90 Å². The highest BCUT2D eigenvalue weighted by Crippen LogP contribution is 2.30. The Balaban J connectivity index is 1.84. The van der Waals surface area contributed by atoms with Gasteiger partial charge in [-0.05, 0) is 13.0 Å². The number of ether oxygens (including phenoxy) is 1. The first-order chi connectivity index (χ1) is 12.3. The summed E-state index contributed by atoms with van der Waals surface area (Å²) in [6.07, 6.45) is 0. The van der Waals surface area contributed by atoms with Gasteiger partial charge in [-0.2, -0.15) is 0 Å². The van der Waals surface area contributed by atoms with Crippen LogP contribution < -0.4 is 4.74 Å². The van der Waals surface area contributed by atoms with Crippen molar-refractivity contribution in [3.05, 3.63) is 29.8 Å². The molecule has 0 aliphatic carbocycles. The molecule has 2 aliphatic rings. The van der Waals surface area contributed by atoms with Crippen molar-refractivity contribution in [3.63, 3.8) is 0 Å². The van der Waals surface area contributed by atoms with Crippen molar-refractivity contribution < 1.29 is 17.9 Å². The topological polar surface area (TPSA) is 66.9 Å². The van der Waals surface area contributed by atoms with E-state index in [0.717, 1.165) is 11.3 Å². The van der Waals surface area contributed by atoms with Crippen LogP contribution in [0.3, 0.4) is 0 Å². The number of piperazine rings is 1. The van der Waals surface area contributed by atoms with Gasteiger partial charge in [-0.15, -0.1) is 0 Å². The van der Waals surface area contributed by atoms with E-state index in [1.165, 1.54) is 0 Å². The number of amides is 1. The smallest absolute Gasteiger partial charge is 0.225 e. The summed E-state index contributed by atoms with van der Waals surface area (Å²) in [7, 11) is -3.13. The summed E-state index contributed by atoms with van der Waals surface area (Å²) >= 11 is 0. The second kappa shape index (κ2) is 7.56. The number of rotatable bonds is 5. The first-order valence-electron chi connectivity index (χ1n) is 9.28. The van der Waals surface area contributed by atoms with Gasteiger partial charge in [0.25, 0.3) is 0 Å². The van der Waals surface area contributed by atoms with E-state index in [-0.39, 0.29) is 35.4 Å². The number of carbonyl (C=O) groups excluding carboxylic acids is 1. The fourth-order valence-electron chi connectivity index (χ4n) is 3.98. The highest BCUT2D eigenvalue weighted by molar-refractivity contribution is 7.91. The summed E-state index contributed by atoms with van der Waals surface area (Å²) in [5.41, 5.74) is 1.06. The number of benzene rings is 1. The molecule has 0 aromatic heterocycles. The summed E-state index contributed by atoms with van der Waals surface area (Å²) in [5.74, 6) is 0.958. The Bertz CT molecular complexity index is 763. The molecule has 2 saturated heterocycles. The molecule has 1 aromatic carbocycles. The van der Waals surface area contributed by atoms with Crippen LogP contribution in [0.25, 0.3) is 0 Å². The van der Waals surface area contributed by atoms with Gasteiger partial charge in [0.1, 0.15) is 5.75 Å². The van der Waals surface area contributed by atoms with Crippen LogP contribution in [0.2, 0.25) is 0 Å². The maximum Gasteiger partial charge on any atom is 0.225 e. The van der Waals surface area contributed by atoms with Gasteiger partial charge in [-0.25, -0.2) is 8.42 Å². The molecule has 2 aliphatic heterocycles. The summed E-state index contributed by atoms with van der Waals surface area (Å²) in [6, 6.07) is 7.49. The maximum atomic E-state index is 12.5. The van der Waals surface area contributed by atoms with E-state index in [9.17, 15) is 13.2 Å². The first-order valence-corrected chi connectivity index (χ1v) is 11.1. The van der Waals surface area contributed by atoms with Gasteiger partial charge in [0.2, 0.25) is 5.91 Å². The van der Waals surface area contributed by atoms with Crippen molar-refractivity contribution in [2.75, 3.05) is 31.2 Å². The molecule has 2 fully saturated rings. The Morgan fingerprint density at radius 1 is 1.19 bits per heavy atom. The van der Waals surface area contributed by atoms with Crippen LogP contribution in [0, 0.1) is 5.92 Å². The molecule has 1 aromatic rings. The van der Waals surface area contributed by atoms with Crippen LogP contribution in [-0.2, 0) is 21.2 Å². The zero-order valence-corrected chi connectivity index (χ0v) is 16.5. The highest BCUT2D eigenvalue weighted by atomic mass is 32.2. The van der Waals surface area contributed by atoms with E-state index in [0.29, 0.717) is 26.2 Å². The second-order valence-corrected chi connectivity index (χ2v) is 9.56. The van der Waals surface area contributed by atoms with Crippen molar-refractivity contribution in [1.82, 2.24) is 9.80 Å². The third-order valence-corrected chi connectivity index (χ3v) is 6.91. The molecule has 0 bridgehead atoms.